The van der Waals surface area contributed by atoms with Gasteiger partial charge in [0.15, 0.2) is 4.96 Å². The molecule has 3 rings (SSSR count). The van der Waals surface area contributed by atoms with E-state index in [4.69, 9.17) is 5.73 Å². The Bertz CT molecular complexity index is 961. The Morgan fingerprint density at radius 1 is 1.18 bits per heavy atom. The summed E-state index contributed by atoms with van der Waals surface area (Å²) >= 11 is 1.52. The second-order valence-corrected chi connectivity index (χ2v) is 5.91. The van der Waals surface area contributed by atoms with Gasteiger partial charge in [0, 0.05) is 17.3 Å². The van der Waals surface area contributed by atoms with Gasteiger partial charge in [0.25, 0.3) is 0 Å². The van der Waals surface area contributed by atoms with Crippen molar-refractivity contribution in [2.75, 3.05) is 0 Å². The Labute approximate surface area is 172 Å². The summed E-state index contributed by atoms with van der Waals surface area (Å²) in [5.74, 6) is -0.425. The highest BCUT2D eigenvalue weighted by molar-refractivity contribution is 7.23. The lowest BCUT2D eigenvalue weighted by Gasteiger charge is -1.96. The molecule has 150 valence electrons. The van der Waals surface area contributed by atoms with Crippen molar-refractivity contribution in [1.82, 2.24) is 9.38 Å². The first-order valence-corrected chi connectivity index (χ1v) is 10.1. The van der Waals surface area contributed by atoms with Crippen molar-refractivity contribution < 1.29 is 4.79 Å². The van der Waals surface area contributed by atoms with Gasteiger partial charge in [-0.05, 0) is 25.1 Å². The Hall–Kier alpha value is -2.92. The smallest absolute Gasteiger partial charge is 0.248 e. The third-order valence-corrected chi connectivity index (χ3v) is 4.21. The maximum absolute atomic E-state index is 11.2. The molecule has 1 amide bonds. The number of nitrogens with zero attached hydrogens (tertiary/aromatic N) is 2. The molecule has 1 aromatic carbocycles. The zero-order valence-electron chi connectivity index (χ0n) is 17.5. The fourth-order valence-electron chi connectivity index (χ4n) is 2.18. The summed E-state index contributed by atoms with van der Waals surface area (Å²) in [6.45, 7) is 20.7. The Kier molecular flexibility index (Phi) is 11.9. The average Bonchev–Trinajstić information content (AvgIpc) is 3.27. The van der Waals surface area contributed by atoms with E-state index in [0.717, 1.165) is 26.4 Å². The van der Waals surface area contributed by atoms with E-state index in [9.17, 15) is 4.79 Å². The maximum atomic E-state index is 11.2. The molecule has 5 heteroatoms. The van der Waals surface area contributed by atoms with Gasteiger partial charge in [-0.3, -0.25) is 9.20 Å². The van der Waals surface area contributed by atoms with E-state index in [-0.39, 0.29) is 0 Å². The normalized spacial score (nSPS) is 9.82. The summed E-state index contributed by atoms with van der Waals surface area (Å²) in [6, 6.07) is 5.41. The predicted octanol–water partition coefficient (Wildman–Crippen LogP) is 6.65. The fraction of sp³-hybridized carbons (Fsp3) is 0.217. The Balaban J connectivity index is 0.000000930. The van der Waals surface area contributed by atoms with E-state index < -0.39 is 5.91 Å². The molecule has 4 nitrogen and oxygen atoms in total. The fourth-order valence-corrected chi connectivity index (χ4v) is 3.23. The second-order valence-electron chi connectivity index (χ2n) is 4.90. The third kappa shape index (κ3) is 6.06. The number of hydrogen-bond donors (Lipinski definition) is 1. The van der Waals surface area contributed by atoms with Crippen LogP contribution in [0.1, 0.15) is 50.7 Å². The molecule has 0 atom stereocenters. The van der Waals surface area contributed by atoms with Crippen molar-refractivity contribution >= 4 is 38.0 Å². The highest BCUT2D eigenvalue weighted by atomic mass is 32.1. The van der Waals surface area contributed by atoms with Crippen LogP contribution in [-0.4, -0.2) is 15.3 Å². The van der Waals surface area contributed by atoms with Gasteiger partial charge in [0.05, 0.1) is 15.9 Å². The number of imidazole rings is 1. The van der Waals surface area contributed by atoms with Crippen LogP contribution in [0.2, 0.25) is 0 Å². The van der Waals surface area contributed by atoms with Crippen molar-refractivity contribution in [1.29, 1.82) is 0 Å². The van der Waals surface area contributed by atoms with Crippen molar-refractivity contribution in [3.05, 3.63) is 79.7 Å². The van der Waals surface area contributed by atoms with Gasteiger partial charge in [0.1, 0.15) is 0 Å². The topological polar surface area (TPSA) is 60.4 Å². The van der Waals surface area contributed by atoms with Crippen molar-refractivity contribution in [2.45, 2.75) is 34.6 Å². The van der Waals surface area contributed by atoms with Crippen molar-refractivity contribution in [2.24, 2.45) is 5.73 Å². The van der Waals surface area contributed by atoms with Crippen molar-refractivity contribution in [3.8, 4) is 0 Å². The van der Waals surface area contributed by atoms with Crippen LogP contribution in [0, 0.1) is 0 Å². The van der Waals surface area contributed by atoms with Crippen molar-refractivity contribution in [3.63, 3.8) is 0 Å². The van der Waals surface area contributed by atoms with E-state index in [0.29, 0.717) is 5.56 Å². The number of carbonyl (C=O) groups is 1. The monoisotopic (exact) mass is 397 g/mol. The molecule has 0 fully saturated rings. The second kappa shape index (κ2) is 13.3. The molecule has 0 saturated carbocycles. The van der Waals surface area contributed by atoms with E-state index >= 15 is 0 Å². The standard InChI is InChI=1S/C16H13N3OS.C3H6.2C2H6/c1-3-5-10(4-2)12-9-19-13-7-6-11(15(17)20)8-14(13)21-16(19)18-12;1-3-2;2*1-2/h3-9H,1-2H2,(H2,17,20);3H,1H2,2H3;2*1-2H3/b10-5+;;;. The molecule has 0 aliphatic carbocycles. The van der Waals surface area contributed by atoms with Crippen LogP contribution in [0.15, 0.2) is 68.4 Å². The van der Waals surface area contributed by atoms with E-state index in [1.807, 2.05) is 57.4 Å². The molecule has 2 aromatic heterocycles. The average molecular weight is 398 g/mol. The molecular formula is C23H31N3OS. The summed E-state index contributed by atoms with van der Waals surface area (Å²) < 4.78 is 2.98. The number of amides is 1. The summed E-state index contributed by atoms with van der Waals surface area (Å²) in [5.41, 5.74) is 8.57. The summed E-state index contributed by atoms with van der Waals surface area (Å²) in [5, 5.41) is 0. The lowest BCUT2D eigenvalue weighted by Crippen LogP contribution is -2.10. The first-order valence-electron chi connectivity index (χ1n) is 9.29. The molecule has 0 aliphatic rings. The minimum atomic E-state index is -0.425. The highest BCUT2D eigenvalue weighted by Crippen LogP contribution is 2.29. The molecule has 0 unspecified atom stereocenters. The first-order chi connectivity index (χ1) is 13.5. The van der Waals surface area contributed by atoms with Crippen LogP contribution in [0.25, 0.3) is 20.8 Å². The number of nitrogens with two attached hydrogens (primary N) is 1. The molecular weight excluding hydrogens is 366 g/mol. The highest BCUT2D eigenvalue weighted by Gasteiger charge is 2.11. The van der Waals surface area contributed by atoms with Gasteiger partial charge < -0.3 is 5.73 Å². The number of thiazole rings is 1. The predicted molar refractivity (Wildman–Crippen MR) is 126 cm³/mol. The molecule has 0 saturated heterocycles. The molecule has 2 N–H and O–H groups in total. The van der Waals surface area contributed by atoms with Crippen LogP contribution >= 0.6 is 11.3 Å². The van der Waals surface area contributed by atoms with Gasteiger partial charge >= 0.3 is 0 Å². The Morgan fingerprint density at radius 3 is 2.29 bits per heavy atom. The number of carbonyl (C=O) groups excluding carboxylic acids is 1. The number of hydrogen-bond acceptors (Lipinski definition) is 3. The maximum Gasteiger partial charge on any atom is 0.248 e. The number of fused-ring (bicyclic) bond motifs is 3. The minimum Gasteiger partial charge on any atom is -0.366 e. The van der Waals surface area contributed by atoms with Gasteiger partial charge in [-0.15, -0.1) is 6.58 Å². The summed E-state index contributed by atoms with van der Waals surface area (Å²) in [6.07, 6.45) is 9.03. The number of rotatable bonds is 4. The number of aromatic nitrogens is 2. The van der Waals surface area contributed by atoms with E-state index in [1.54, 1.807) is 30.4 Å². The molecule has 0 aliphatic heterocycles. The first kappa shape index (κ1) is 25.1. The van der Waals surface area contributed by atoms with Crippen LogP contribution in [-0.2, 0) is 0 Å². The SMILES string of the molecule is C=C/C=C(\C=C)c1cn2c(n1)sc1cc(C(N)=O)ccc12.C=CC.CC.CC. The molecule has 0 bridgehead atoms. The van der Waals surface area contributed by atoms with Crippen LogP contribution in [0.4, 0.5) is 0 Å². The van der Waals surface area contributed by atoms with E-state index in [1.165, 1.54) is 11.3 Å². The largest absolute Gasteiger partial charge is 0.366 e. The molecule has 3 aromatic rings. The zero-order chi connectivity index (χ0) is 21.7. The van der Waals surface area contributed by atoms with E-state index in [2.05, 4.69) is 24.7 Å². The van der Waals surface area contributed by atoms with Crippen LogP contribution in [0.3, 0.4) is 0 Å². The summed E-state index contributed by atoms with van der Waals surface area (Å²) in [7, 11) is 0. The lowest BCUT2D eigenvalue weighted by atomic mass is 10.2. The molecule has 0 radical (unpaired) electrons. The summed E-state index contributed by atoms with van der Waals surface area (Å²) in [4.78, 5) is 16.7. The Morgan fingerprint density at radius 2 is 1.79 bits per heavy atom. The number of allylic oxidation sites excluding steroid dienone is 5. The minimum absolute atomic E-state index is 0.425. The molecule has 2 heterocycles. The van der Waals surface area contributed by atoms with Crippen LogP contribution < -0.4 is 5.73 Å². The molecule has 0 spiro atoms. The van der Waals surface area contributed by atoms with Gasteiger partial charge in [-0.2, -0.15) is 0 Å². The number of primary amides is 1. The van der Waals surface area contributed by atoms with Gasteiger partial charge in [-0.1, -0.05) is 76.5 Å². The third-order valence-electron chi connectivity index (χ3n) is 3.19. The lowest BCUT2D eigenvalue weighted by molar-refractivity contribution is 0.100. The van der Waals surface area contributed by atoms with Crippen LogP contribution in [0.5, 0.6) is 0 Å². The number of benzene rings is 1. The molecule has 28 heavy (non-hydrogen) atoms. The zero-order valence-corrected chi connectivity index (χ0v) is 18.3. The quantitative estimate of drug-likeness (QED) is 0.396. The van der Waals surface area contributed by atoms with Gasteiger partial charge in [0.2, 0.25) is 5.91 Å². The van der Waals surface area contributed by atoms with Gasteiger partial charge in [-0.25, -0.2) is 4.98 Å².